The van der Waals surface area contributed by atoms with Crippen LogP contribution in [0.1, 0.15) is 86.3 Å². The third-order valence-electron chi connectivity index (χ3n) is 6.39. The number of ether oxygens (including phenoxy) is 1. The smallest absolute Gasteiger partial charge is 0.308 e. The Morgan fingerprint density at radius 1 is 1.22 bits per heavy atom. The van der Waals surface area contributed by atoms with Crippen LogP contribution in [0, 0.1) is 5.92 Å². The Morgan fingerprint density at radius 2 is 1.97 bits per heavy atom. The van der Waals surface area contributed by atoms with Crippen molar-refractivity contribution >= 4 is 23.1 Å². The predicted octanol–water partition coefficient (Wildman–Crippen LogP) is 5.51. The third kappa shape index (κ3) is 5.33. The first-order valence-corrected chi connectivity index (χ1v) is 11.9. The van der Waals surface area contributed by atoms with E-state index in [2.05, 4.69) is 11.1 Å². The Bertz CT molecular complexity index is 1060. The van der Waals surface area contributed by atoms with Crippen LogP contribution in [0.2, 0.25) is 5.02 Å². The van der Waals surface area contributed by atoms with Gasteiger partial charge in [0, 0.05) is 21.9 Å². The van der Waals surface area contributed by atoms with Crippen LogP contribution in [0.5, 0.6) is 0 Å². The van der Waals surface area contributed by atoms with Crippen LogP contribution in [0.25, 0.3) is 5.57 Å². The molecule has 2 aliphatic rings. The number of hydrogen-bond donors (Lipinski definition) is 2. The zero-order valence-corrected chi connectivity index (χ0v) is 19.2. The minimum absolute atomic E-state index is 0.0186. The second-order valence-electron chi connectivity index (χ2n) is 8.82. The van der Waals surface area contributed by atoms with Crippen LogP contribution in [0.4, 0.5) is 0 Å². The molecule has 170 valence electrons. The molecule has 2 N–H and O–H groups in total. The summed E-state index contributed by atoms with van der Waals surface area (Å²) in [7, 11) is 0. The van der Waals surface area contributed by atoms with E-state index in [0.29, 0.717) is 22.4 Å². The van der Waals surface area contributed by atoms with Crippen molar-refractivity contribution in [2.45, 2.75) is 63.9 Å². The van der Waals surface area contributed by atoms with Gasteiger partial charge in [0.15, 0.2) is 0 Å². The third-order valence-corrected chi connectivity index (χ3v) is 6.71. The largest absolute Gasteiger partial charge is 0.466 e. The Morgan fingerprint density at radius 3 is 2.59 bits per heavy atom. The molecule has 5 nitrogen and oxygen atoms in total. The zero-order chi connectivity index (χ0) is 22.7. The number of aromatic nitrogens is 1. The van der Waals surface area contributed by atoms with Crippen LogP contribution in [0.3, 0.4) is 0 Å². The monoisotopic (exact) mass is 455 g/mol. The molecule has 0 saturated heterocycles. The molecular weight excluding hydrogens is 426 g/mol. The van der Waals surface area contributed by atoms with E-state index in [9.17, 15) is 14.7 Å². The average Bonchev–Trinajstić information content (AvgIpc) is 3.46. The van der Waals surface area contributed by atoms with Crippen LogP contribution in [-0.2, 0) is 9.53 Å². The minimum atomic E-state index is -1.03. The predicted molar refractivity (Wildman–Crippen MR) is 126 cm³/mol. The fourth-order valence-electron chi connectivity index (χ4n) is 4.51. The molecule has 0 radical (unpaired) electrons. The lowest BCUT2D eigenvalue weighted by atomic mass is 9.94. The van der Waals surface area contributed by atoms with Gasteiger partial charge in [0.05, 0.1) is 19.1 Å². The van der Waals surface area contributed by atoms with Crippen LogP contribution in [-0.4, -0.2) is 22.7 Å². The molecule has 2 saturated carbocycles. The van der Waals surface area contributed by atoms with E-state index < -0.39 is 12.1 Å². The van der Waals surface area contributed by atoms with E-state index in [0.717, 1.165) is 48.1 Å². The molecule has 2 aromatic rings. The lowest BCUT2D eigenvalue weighted by Crippen LogP contribution is -2.14. The number of carbonyl (C=O) groups excluding carboxylic acids is 1. The molecule has 0 spiro atoms. The van der Waals surface area contributed by atoms with Crippen molar-refractivity contribution in [2.24, 2.45) is 5.92 Å². The standard InChI is InChI=1S/C26H30ClNO4/c1-2-32-25(30)15-24(29)20-10-9-18(14-22(20)27)21(13-16-5-3-4-6-16)23-12-11-19(17-7-8-17)26(31)28-23/h9-14,16-17,24,29H,2-8,15H2,1H3,(H,28,31)/b21-13+. The van der Waals surface area contributed by atoms with Crippen molar-refractivity contribution in [1.29, 1.82) is 0 Å². The average molecular weight is 456 g/mol. The molecule has 4 rings (SSSR count). The summed E-state index contributed by atoms with van der Waals surface area (Å²) in [5.74, 6) is 0.393. The number of nitrogens with one attached hydrogen (secondary N) is 1. The molecule has 1 heterocycles. The second kappa shape index (κ2) is 10.1. The summed E-state index contributed by atoms with van der Waals surface area (Å²) in [6, 6.07) is 9.39. The molecule has 1 unspecified atom stereocenters. The van der Waals surface area contributed by atoms with Crippen LogP contribution < -0.4 is 5.56 Å². The molecule has 32 heavy (non-hydrogen) atoms. The van der Waals surface area contributed by atoms with E-state index in [-0.39, 0.29) is 18.6 Å². The molecule has 2 aliphatic carbocycles. The van der Waals surface area contributed by atoms with E-state index in [4.69, 9.17) is 16.3 Å². The van der Waals surface area contributed by atoms with Crippen molar-refractivity contribution in [3.05, 3.63) is 74.2 Å². The van der Waals surface area contributed by atoms with E-state index in [1.165, 1.54) is 12.8 Å². The molecule has 2 fully saturated rings. The van der Waals surface area contributed by atoms with Gasteiger partial charge in [-0.05, 0) is 67.7 Å². The van der Waals surface area contributed by atoms with Crippen LogP contribution in [0.15, 0.2) is 41.2 Å². The highest BCUT2D eigenvalue weighted by atomic mass is 35.5. The maximum absolute atomic E-state index is 12.7. The van der Waals surface area contributed by atoms with Crippen molar-refractivity contribution in [1.82, 2.24) is 4.98 Å². The molecule has 0 amide bonds. The van der Waals surface area contributed by atoms with Crippen LogP contribution >= 0.6 is 11.6 Å². The number of carbonyl (C=O) groups is 1. The number of pyridine rings is 1. The molecule has 1 atom stereocenters. The zero-order valence-electron chi connectivity index (χ0n) is 18.4. The first kappa shape index (κ1) is 22.8. The lowest BCUT2D eigenvalue weighted by molar-refractivity contribution is -0.145. The van der Waals surface area contributed by atoms with Gasteiger partial charge in [0.1, 0.15) is 0 Å². The van der Waals surface area contributed by atoms with Crippen molar-refractivity contribution in [2.75, 3.05) is 6.61 Å². The fraction of sp³-hybridized carbons (Fsp3) is 0.462. The number of aromatic amines is 1. The Balaban J connectivity index is 1.66. The maximum atomic E-state index is 12.7. The quantitative estimate of drug-likeness (QED) is 0.514. The summed E-state index contributed by atoms with van der Waals surface area (Å²) >= 11 is 6.53. The number of esters is 1. The highest BCUT2D eigenvalue weighted by Crippen LogP contribution is 2.39. The summed E-state index contributed by atoms with van der Waals surface area (Å²) in [5, 5.41) is 10.8. The normalized spacial score (nSPS) is 18.0. The van der Waals surface area contributed by atoms with Gasteiger partial charge in [0.2, 0.25) is 0 Å². The highest BCUT2D eigenvalue weighted by molar-refractivity contribution is 6.31. The molecular formula is C26H30ClNO4. The summed E-state index contributed by atoms with van der Waals surface area (Å²) < 4.78 is 4.93. The summed E-state index contributed by atoms with van der Waals surface area (Å²) in [4.78, 5) is 27.5. The van der Waals surface area contributed by atoms with Crippen molar-refractivity contribution < 1.29 is 14.6 Å². The van der Waals surface area contributed by atoms with Gasteiger partial charge >= 0.3 is 5.97 Å². The number of hydrogen-bond acceptors (Lipinski definition) is 4. The van der Waals surface area contributed by atoms with Gasteiger partial charge in [-0.15, -0.1) is 0 Å². The topological polar surface area (TPSA) is 79.4 Å². The minimum Gasteiger partial charge on any atom is -0.466 e. The number of aliphatic hydroxyl groups excluding tert-OH is 1. The molecule has 1 aromatic carbocycles. The number of H-pyrrole nitrogens is 1. The SMILES string of the molecule is CCOC(=O)CC(O)c1ccc(/C(=C\C2CCCC2)c2ccc(C3CC3)c(=O)[nH]2)cc1Cl. The highest BCUT2D eigenvalue weighted by Gasteiger charge is 2.26. The number of rotatable bonds is 8. The Kier molecular flexibility index (Phi) is 7.17. The maximum Gasteiger partial charge on any atom is 0.308 e. The summed E-state index contributed by atoms with van der Waals surface area (Å²) in [5.41, 5.74) is 3.94. The Labute approximate surface area is 193 Å². The van der Waals surface area contributed by atoms with E-state index in [1.807, 2.05) is 18.2 Å². The number of aliphatic hydroxyl groups is 1. The number of allylic oxidation sites excluding steroid dienone is 1. The van der Waals surface area contributed by atoms with Gasteiger partial charge in [-0.3, -0.25) is 9.59 Å². The molecule has 1 aromatic heterocycles. The second-order valence-corrected chi connectivity index (χ2v) is 9.22. The van der Waals surface area contributed by atoms with Gasteiger partial charge < -0.3 is 14.8 Å². The first-order valence-electron chi connectivity index (χ1n) is 11.5. The fourth-order valence-corrected chi connectivity index (χ4v) is 4.82. The van der Waals surface area contributed by atoms with Crippen molar-refractivity contribution in [3.63, 3.8) is 0 Å². The lowest BCUT2D eigenvalue weighted by Gasteiger charge is -2.16. The molecule has 0 aliphatic heterocycles. The summed E-state index contributed by atoms with van der Waals surface area (Å²) in [6.45, 7) is 2.00. The van der Waals surface area contributed by atoms with Gasteiger partial charge in [0.25, 0.3) is 5.56 Å². The number of benzene rings is 1. The number of halogens is 1. The Hall–Kier alpha value is -2.37. The molecule has 0 bridgehead atoms. The first-order chi connectivity index (χ1) is 15.5. The van der Waals surface area contributed by atoms with Gasteiger partial charge in [-0.1, -0.05) is 48.7 Å². The van der Waals surface area contributed by atoms with E-state index in [1.54, 1.807) is 19.1 Å². The summed E-state index contributed by atoms with van der Waals surface area (Å²) in [6.07, 6.45) is 7.93. The molecule has 6 heteroatoms. The van der Waals surface area contributed by atoms with Gasteiger partial charge in [-0.2, -0.15) is 0 Å². The van der Waals surface area contributed by atoms with Crippen molar-refractivity contribution in [3.8, 4) is 0 Å². The van der Waals surface area contributed by atoms with Gasteiger partial charge in [-0.25, -0.2) is 0 Å². The van der Waals surface area contributed by atoms with E-state index >= 15 is 0 Å².